The van der Waals surface area contributed by atoms with Gasteiger partial charge in [0.05, 0.1) is 0 Å². The highest BCUT2D eigenvalue weighted by Crippen LogP contribution is 2.21. The summed E-state index contributed by atoms with van der Waals surface area (Å²) in [5.74, 6) is 0. The van der Waals surface area contributed by atoms with Gasteiger partial charge in [0.1, 0.15) is 0 Å². The van der Waals surface area contributed by atoms with Crippen molar-refractivity contribution in [2.75, 3.05) is 18.0 Å². The number of anilines is 1. The monoisotopic (exact) mass is 168 g/mol. The molecular formula is C8H12N2S. The molecule has 0 atom stereocenters. The summed E-state index contributed by atoms with van der Waals surface area (Å²) in [4.78, 5) is 6.67. The van der Waals surface area contributed by atoms with Gasteiger partial charge in [-0.25, -0.2) is 4.98 Å². The van der Waals surface area contributed by atoms with Gasteiger partial charge in [0, 0.05) is 24.7 Å². The van der Waals surface area contributed by atoms with Crippen molar-refractivity contribution < 1.29 is 0 Å². The van der Waals surface area contributed by atoms with Gasteiger partial charge >= 0.3 is 0 Å². The Morgan fingerprint density at radius 2 is 2.09 bits per heavy atom. The molecule has 0 spiro atoms. The molecule has 0 unspecified atom stereocenters. The number of rotatable bonds is 1. The number of piperidine rings is 1. The summed E-state index contributed by atoms with van der Waals surface area (Å²) >= 11 is 1.74. The van der Waals surface area contributed by atoms with Crippen molar-refractivity contribution in [3.05, 3.63) is 11.6 Å². The minimum atomic E-state index is 1.20. The molecule has 2 heterocycles. The summed E-state index contributed by atoms with van der Waals surface area (Å²) in [5, 5.41) is 3.24. The molecule has 11 heavy (non-hydrogen) atoms. The Balaban J connectivity index is 2.04. The summed E-state index contributed by atoms with van der Waals surface area (Å²) in [6.07, 6.45) is 5.94. The number of hydrogen-bond donors (Lipinski definition) is 0. The largest absolute Gasteiger partial charge is 0.348 e. The quantitative estimate of drug-likeness (QED) is 0.638. The maximum atomic E-state index is 4.28. The zero-order valence-corrected chi connectivity index (χ0v) is 7.31. The predicted octanol–water partition coefficient (Wildman–Crippen LogP) is 2.13. The topological polar surface area (TPSA) is 16.1 Å². The maximum absolute atomic E-state index is 4.28. The molecule has 0 saturated carbocycles. The Hall–Kier alpha value is -0.570. The van der Waals surface area contributed by atoms with E-state index in [1.807, 2.05) is 11.6 Å². The fraction of sp³-hybridized carbons (Fsp3) is 0.625. The van der Waals surface area contributed by atoms with Gasteiger partial charge in [0.2, 0.25) is 0 Å². The van der Waals surface area contributed by atoms with Gasteiger partial charge in [-0.1, -0.05) is 0 Å². The molecule has 0 aromatic carbocycles. The van der Waals surface area contributed by atoms with Gasteiger partial charge in [-0.15, -0.1) is 11.3 Å². The molecule has 1 aromatic rings. The first-order valence-corrected chi connectivity index (χ1v) is 4.99. The predicted molar refractivity (Wildman–Crippen MR) is 48.2 cm³/mol. The van der Waals surface area contributed by atoms with Crippen LogP contribution in [0.15, 0.2) is 11.6 Å². The third kappa shape index (κ3) is 1.53. The van der Waals surface area contributed by atoms with Crippen LogP contribution < -0.4 is 4.90 Å². The van der Waals surface area contributed by atoms with E-state index in [0.717, 1.165) is 0 Å². The van der Waals surface area contributed by atoms with Gasteiger partial charge in [-0.05, 0) is 19.3 Å². The Morgan fingerprint density at radius 1 is 1.27 bits per heavy atom. The average Bonchev–Trinajstić information content (AvgIpc) is 2.58. The summed E-state index contributed by atoms with van der Waals surface area (Å²) in [6, 6.07) is 0. The van der Waals surface area contributed by atoms with Gasteiger partial charge in [0.15, 0.2) is 5.13 Å². The number of hydrogen-bond acceptors (Lipinski definition) is 3. The van der Waals surface area contributed by atoms with E-state index in [1.54, 1.807) is 11.3 Å². The van der Waals surface area contributed by atoms with Crippen LogP contribution in [0.4, 0.5) is 5.13 Å². The van der Waals surface area contributed by atoms with Crippen molar-refractivity contribution in [3.8, 4) is 0 Å². The molecule has 1 aliphatic rings. The van der Waals surface area contributed by atoms with Crippen LogP contribution in [0.3, 0.4) is 0 Å². The molecule has 0 N–H and O–H groups in total. The molecular weight excluding hydrogens is 156 g/mol. The number of aromatic nitrogens is 1. The maximum Gasteiger partial charge on any atom is 0.185 e. The Bertz CT molecular complexity index is 202. The van der Waals surface area contributed by atoms with Crippen LogP contribution in [0, 0.1) is 0 Å². The molecule has 1 fully saturated rings. The molecule has 0 bridgehead atoms. The van der Waals surface area contributed by atoms with E-state index in [4.69, 9.17) is 0 Å². The van der Waals surface area contributed by atoms with Crippen LogP contribution in [-0.4, -0.2) is 18.1 Å². The zero-order chi connectivity index (χ0) is 7.52. The molecule has 0 aliphatic carbocycles. The van der Waals surface area contributed by atoms with Crippen molar-refractivity contribution in [3.63, 3.8) is 0 Å². The smallest absolute Gasteiger partial charge is 0.185 e. The van der Waals surface area contributed by atoms with Crippen LogP contribution in [0.2, 0.25) is 0 Å². The molecule has 1 aliphatic heterocycles. The lowest BCUT2D eigenvalue weighted by atomic mass is 10.1. The van der Waals surface area contributed by atoms with Crippen molar-refractivity contribution in [2.24, 2.45) is 0 Å². The molecule has 3 heteroatoms. The Labute approximate surface area is 70.9 Å². The SMILES string of the molecule is c1csc(N2CCCCC2)n1. The van der Waals surface area contributed by atoms with Crippen LogP contribution in [0.5, 0.6) is 0 Å². The lowest BCUT2D eigenvalue weighted by Crippen LogP contribution is -2.29. The third-order valence-electron chi connectivity index (χ3n) is 2.05. The second-order valence-corrected chi connectivity index (χ2v) is 3.74. The summed E-state index contributed by atoms with van der Waals surface area (Å²) in [5.41, 5.74) is 0. The molecule has 1 saturated heterocycles. The van der Waals surface area contributed by atoms with Gasteiger partial charge in [-0.3, -0.25) is 0 Å². The third-order valence-corrected chi connectivity index (χ3v) is 2.88. The lowest BCUT2D eigenvalue weighted by molar-refractivity contribution is 0.577. The Morgan fingerprint density at radius 3 is 2.73 bits per heavy atom. The van der Waals surface area contributed by atoms with Crippen molar-refractivity contribution in [1.29, 1.82) is 0 Å². The van der Waals surface area contributed by atoms with Crippen molar-refractivity contribution in [2.45, 2.75) is 19.3 Å². The lowest BCUT2D eigenvalue weighted by Gasteiger charge is -2.25. The molecule has 60 valence electrons. The van der Waals surface area contributed by atoms with Crippen LogP contribution in [0.1, 0.15) is 19.3 Å². The second-order valence-electron chi connectivity index (χ2n) is 2.86. The summed E-state index contributed by atoms with van der Waals surface area (Å²) in [7, 11) is 0. The highest BCUT2D eigenvalue weighted by molar-refractivity contribution is 7.13. The molecule has 2 nitrogen and oxygen atoms in total. The van der Waals surface area contributed by atoms with E-state index >= 15 is 0 Å². The van der Waals surface area contributed by atoms with Crippen LogP contribution >= 0.6 is 11.3 Å². The fourth-order valence-corrected chi connectivity index (χ4v) is 2.15. The number of thiazole rings is 1. The first kappa shape index (κ1) is 7.10. The van der Waals surface area contributed by atoms with E-state index in [-0.39, 0.29) is 0 Å². The minimum absolute atomic E-state index is 1.20. The fourth-order valence-electron chi connectivity index (χ4n) is 1.46. The molecule has 2 rings (SSSR count). The van der Waals surface area contributed by atoms with E-state index in [1.165, 1.54) is 37.5 Å². The first-order valence-electron chi connectivity index (χ1n) is 4.11. The normalized spacial score (nSPS) is 18.7. The van der Waals surface area contributed by atoms with E-state index in [9.17, 15) is 0 Å². The molecule has 0 amide bonds. The van der Waals surface area contributed by atoms with Gasteiger partial charge in [0.25, 0.3) is 0 Å². The van der Waals surface area contributed by atoms with Gasteiger partial charge < -0.3 is 4.90 Å². The van der Waals surface area contributed by atoms with E-state index in [2.05, 4.69) is 9.88 Å². The minimum Gasteiger partial charge on any atom is -0.348 e. The highest BCUT2D eigenvalue weighted by atomic mass is 32.1. The summed E-state index contributed by atoms with van der Waals surface area (Å²) < 4.78 is 0. The zero-order valence-electron chi connectivity index (χ0n) is 6.49. The average molecular weight is 168 g/mol. The second kappa shape index (κ2) is 3.22. The summed E-state index contributed by atoms with van der Waals surface area (Å²) in [6.45, 7) is 2.40. The standard InChI is InChI=1S/C8H12N2S/c1-2-5-10(6-3-1)8-9-4-7-11-8/h4,7H,1-3,5-6H2. The molecule has 1 aromatic heterocycles. The first-order chi connectivity index (χ1) is 5.47. The van der Waals surface area contributed by atoms with Gasteiger partial charge in [-0.2, -0.15) is 0 Å². The van der Waals surface area contributed by atoms with E-state index < -0.39 is 0 Å². The molecule has 0 radical (unpaired) electrons. The van der Waals surface area contributed by atoms with Crippen molar-refractivity contribution >= 4 is 16.5 Å². The van der Waals surface area contributed by atoms with Crippen LogP contribution in [-0.2, 0) is 0 Å². The number of nitrogens with zero attached hydrogens (tertiary/aromatic N) is 2. The van der Waals surface area contributed by atoms with Crippen molar-refractivity contribution in [1.82, 2.24) is 4.98 Å². The highest BCUT2D eigenvalue weighted by Gasteiger charge is 2.11. The van der Waals surface area contributed by atoms with E-state index in [0.29, 0.717) is 0 Å². The van der Waals surface area contributed by atoms with Crippen LogP contribution in [0.25, 0.3) is 0 Å². The Kier molecular flexibility index (Phi) is 2.08.